The van der Waals surface area contributed by atoms with Crippen LogP contribution in [0.1, 0.15) is 37.7 Å². The molecule has 23 heavy (non-hydrogen) atoms. The van der Waals surface area contributed by atoms with E-state index in [1.807, 2.05) is 12.1 Å². The molecule has 1 aromatic rings. The highest BCUT2D eigenvalue weighted by Gasteiger charge is 2.29. The molecule has 0 aromatic heterocycles. The monoisotopic (exact) mass is 320 g/mol. The van der Waals surface area contributed by atoms with Gasteiger partial charge in [0.2, 0.25) is 5.91 Å². The molecule has 0 aliphatic carbocycles. The first-order valence-corrected chi connectivity index (χ1v) is 8.52. The molecule has 3 rings (SSSR count). The zero-order valence-electron chi connectivity index (χ0n) is 13.8. The molecule has 1 aromatic carbocycles. The molecule has 1 amide bonds. The van der Waals surface area contributed by atoms with Crippen LogP contribution in [-0.4, -0.2) is 48.5 Å². The number of ether oxygens (including phenoxy) is 1. The minimum absolute atomic E-state index is 0.261. The van der Waals surface area contributed by atoms with Gasteiger partial charge in [-0.1, -0.05) is 12.1 Å². The number of carbonyl (C=O) groups excluding carboxylic acids is 1. The molecule has 5 heteroatoms. The first-order valence-electron chi connectivity index (χ1n) is 8.52. The van der Waals surface area contributed by atoms with Gasteiger partial charge in [-0.15, -0.1) is 0 Å². The number of hydrogen-bond donors (Lipinski definition) is 0. The summed E-state index contributed by atoms with van der Waals surface area (Å²) < 4.78 is 19.3. The maximum absolute atomic E-state index is 14.2. The number of rotatable bonds is 4. The molecule has 0 unspecified atom stereocenters. The van der Waals surface area contributed by atoms with E-state index >= 15 is 0 Å². The lowest BCUT2D eigenvalue weighted by Crippen LogP contribution is -2.48. The fourth-order valence-electron chi connectivity index (χ4n) is 3.68. The maximum Gasteiger partial charge on any atom is 0.222 e. The van der Waals surface area contributed by atoms with Crippen molar-refractivity contribution in [3.05, 3.63) is 29.6 Å². The number of halogens is 1. The Morgan fingerprint density at radius 2 is 2.00 bits per heavy atom. The Morgan fingerprint density at radius 1 is 1.22 bits per heavy atom. The molecule has 0 radical (unpaired) electrons. The van der Waals surface area contributed by atoms with Crippen molar-refractivity contribution in [1.82, 2.24) is 9.80 Å². The van der Waals surface area contributed by atoms with E-state index in [4.69, 9.17) is 4.74 Å². The van der Waals surface area contributed by atoms with Crippen LogP contribution in [0.25, 0.3) is 0 Å². The summed E-state index contributed by atoms with van der Waals surface area (Å²) in [6.45, 7) is 3.33. The Labute approximate surface area is 137 Å². The molecule has 126 valence electrons. The molecule has 2 aliphatic rings. The number of likely N-dealkylation sites (tertiary alicyclic amines) is 2. The molecule has 4 nitrogen and oxygen atoms in total. The van der Waals surface area contributed by atoms with Crippen LogP contribution in [0.3, 0.4) is 0 Å². The smallest absolute Gasteiger partial charge is 0.222 e. The Morgan fingerprint density at radius 3 is 2.70 bits per heavy atom. The van der Waals surface area contributed by atoms with Crippen molar-refractivity contribution in [3.8, 4) is 5.75 Å². The number of amides is 1. The number of benzene rings is 1. The van der Waals surface area contributed by atoms with Crippen molar-refractivity contribution in [2.45, 2.75) is 44.7 Å². The first-order chi connectivity index (χ1) is 11.2. The van der Waals surface area contributed by atoms with E-state index in [0.29, 0.717) is 36.2 Å². The summed E-state index contributed by atoms with van der Waals surface area (Å²) in [4.78, 5) is 16.4. The van der Waals surface area contributed by atoms with Crippen LogP contribution in [0, 0.1) is 5.82 Å². The molecule has 0 spiro atoms. The van der Waals surface area contributed by atoms with Crippen molar-refractivity contribution < 1.29 is 13.9 Å². The molecule has 2 aliphatic heterocycles. The Kier molecular flexibility index (Phi) is 5.16. The Hall–Kier alpha value is -1.62. The quantitative estimate of drug-likeness (QED) is 0.855. The summed E-state index contributed by atoms with van der Waals surface area (Å²) in [5.74, 6) is 0.355. The summed E-state index contributed by atoms with van der Waals surface area (Å²) in [6, 6.07) is 5.66. The molecule has 0 N–H and O–H groups in total. The standard InChI is InChI=1S/C18H25FN2O2/c1-23-16-6-4-5-14(18(16)19)13-20-11-8-15(9-12-20)21-10-3-2-7-17(21)22/h4-6,15H,2-3,7-13H2,1H3. The lowest BCUT2D eigenvalue weighted by atomic mass is 9.99. The Bertz CT molecular complexity index is 556. The fourth-order valence-corrected chi connectivity index (χ4v) is 3.68. The maximum atomic E-state index is 14.2. The van der Waals surface area contributed by atoms with Gasteiger partial charge in [-0.3, -0.25) is 9.69 Å². The normalized spacial score (nSPS) is 20.8. The number of methoxy groups -OCH3 is 1. The second kappa shape index (κ2) is 7.30. The second-order valence-corrected chi connectivity index (χ2v) is 6.48. The molecule has 0 atom stereocenters. The number of piperidine rings is 2. The molecular weight excluding hydrogens is 295 g/mol. The highest BCUT2D eigenvalue weighted by Crippen LogP contribution is 2.25. The topological polar surface area (TPSA) is 32.8 Å². The third kappa shape index (κ3) is 3.66. The molecular formula is C18H25FN2O2. The van der Waals surface area contributed by atoms with Crippen LogP contribution >= 0.6 is 0 Å². The molecule has 2 fully saturated rings. The zero-order valence-corrected chi connectivity index (χ0v) is 13.8. The van der Waals surface area contributed by atoms with Gasteiger partial charge in [-0.2, -0.15) is 0 Å². The minimum atomic E-state index is -0.261. The molecule has 0 bridgehead atoms. The van der Waals surface area contributed by atoms with E-state index < -0.39 is 0 Å². The van der Waals surface area contributed by atoms with Crippen LogP contribution in [0.5, 0.6) is 5.75 Å². The van der Waals surface area contributed by atoms with E-state index in [-0.39, 0.29) is 5.82 Å². The summed E-state index contributed by atoms with van der Waals surface area (Å²) >= 11 is 0. The summed E-state index contributed by atoms with van der Waals surface area (Å²) in [6.07, 6.45) is 4.83. The lowest BCUT2D eigenvalue weighted by molar-refractivity contribution is -0.136. The predicted molar refractivity (Wildman–Crippen MR) is 86.8 cm³/mol. The third-order valence-corrected chi connectivity index (χ3v) is 5.02. The third-order valence-electron chi connectivity index (χ3n) is 5.02. The van der Waals surface area contributed by atoms with Gasteiger partial charge in [0.25, 0.3) is 0 Å². The van der Waals surface area contributed by atoms with E-state index in [1.54, 1.807) is 6.07 Å². The van der Waals surface area contributed by atoms with Crippen molar-refractivity contribution in [2.75, 3.05) is 26.7 Å². The van der Waals surface area contributed by atoms with Crippen molar-refractivity contribution >= 4 is 5.91 Å². The van der Waals surface area contributed by atoms with E-state index in [1.165, 1.54) is 7.11 Å². The van der Waals surface area contributed by atoms with Crippen molar-refractivity contribution in [2.24, 2.45) is 0 Å². The highest BCUT2D eigenvalue weighted by atomic mass is 19.1. The van der Waals surface area contributed by atoms with Crippen LogP contribution in [0.4, 0.5) is 4.39 Å². The van der Waals surface area contributed by atoms with Gasteiger partial charge in [0.15, 0.2) is 11.6 Å². The number of nitrogens with zero attached hydrogens (tertiary/aromatic N) is 2. The molecule has 0 saturated carbocycles. The minimum Gasteiger partial charge on any atom is -0.494 e. The Balaban J connectivity index is 1.56. The highest BCUT2D eigenvalue weighted by molar-refractivity contribution is 5.77. The summed E-state index contributed by atoms with van der Waals surface area (Å²) in [5.41, 5.74) is 0.678. The van der Waals surface area contributed by atoms with Gasteiger partial charge >= 0.3 is 0 Å². The largest absolute Gasteiger partial charge is 0.494 e. The lowest BCUT2D eigenvalue weighted by Gasteiger charge is -2.40. The van der Waals surface area contributed by atoms with E-state index in [9.17, 15) is 9.18 Å². The average Bonchev–Trinajstić information content (AvgIpc) is 2.58. The van der Waals surface area contributed by atoms with Gasteiger partial charge in [-0.05, 0) is 31.7 Å². The predicted octanol–water partition coefficient (Wildman–Crippen LogP) is 2.81. The number of carbonyl (C=O) groups is 1. The second-order valence-electron chi connectivity index (χ2n) is 6.48. The first kappa shape index (κ1) is 16.2. The van der Waals surface area contributed by atoms with Crippen molar-refractivity contribution in [3.63, 3.8) is 0 Å². The summed E-state index contributed by atoms with van der Waals surface area (Å²) in [5, 5.41) is 0. The van der Waals surface area contributed by atoms with E-state index in [0.717, 1.165) is 45.3 Å². The van der Waals surface area contributed by atoms with Crippen molar-refractivity contribution in [1.29, 1.82) is 0 Å². The zero-order chi connectivity index (χ0) is 16.2. The average molecular weight is 320 g/mol. The van der Waals surface area contributed by atoms with Crippen LogP contribution in [0.15, 0.2) is 18.2 Å². The van der Waals surface area contributed by atoms with Gasteiger partial charge in [0.05, 0.1) is 7.11 Å². The number of hydrogen-bond acceptors (Lipinski definition) is 3. The van der Waals surface area contributed by atoms with Crippen LogP contribution < -0.4 is 4.74 Å². The molecule has 2 heterocycles. The SMILES string of the molecule is COc1cccc(CN2CCC(N3CCCCC3=O)CC2)c1F. The van der Waals surface area contributed by atoms with Crippen LogP contribution in [-0.2, 0) is 11.3 Å². The van der Waals surface area contributed by atoms with Crippen LogP contribution in [0.2, 0.25) is 0 Å². The summed E-state index contributed by atoms with van der Waals surface area (Å²) in [7, 11) is 1.49. The van der Waals surface area contributed by atoms with Gasteiger partial charge < -0.3 is 9.64 Å². The van der Waals surface area contributed by atoms with E-state index in [2.05, 4.69) is 9.80 Å². The molecule has 2 saturated heterocycles. The van der Waals surface area contributed by atoms with Gasteiger partial charge in [0, 0.05) is 44.2 Å². The fraction of sp³-hybridized carbons (Fsp3) is 0.611. The van der Waals surface area contributed by atoms with Gasteiger partial charge in [-0.25, -0.2) is 4.39 Å². The van der Waals surface area contributed by atoms with Gasteiger partial charge in [0.1, 0.15) is 0 Å².